The molecule has 1 unspecified atom stereocenters. The first-order valence-electron chi connectivity index (χ1n) is 4.65. The number of rotatable bonds is 3. The average molecular weight is 186 g/mol. The summed E-state index contributed by atoms with van der Waals surface area (Å²) in [6, 6.07) is -0.425. The molecule has 4 nitrogen and oxygen atoms in total. The molecule has 1 aliphatic heterocycles. The zero-order chi connectivity index (χ0) is 9.90. The maximum atomic E-state index is 11.2. The van der Waals surface area contributed by atoms with E-state index >= 15 is 0 Å². The number of ether oxygens (including phenoxy) is 1. The Kier molecular flexibility index (Phi) is 3.27. The molecule has 13 heavy (non-hydrogen) atoms. The van der Waals surface area contributed by atoms with Gasteiger partial charge >= 0.3 is 0 Å². The van der Waals surface area contributed by atoms with Crippen molar-refractivity contribution in [3.05, 3.63) is 0 Å². The molecule has 0 saturated carbocycles. The van der Waals surface area contributed by atoms with Crippen LogP contribution in [0.5, 0.6) is 0 Å². The van der Waals surface area contributed by atoms with Crippen LogP contribution in [-0.4, -0.2) is 31.7 Å². The molecule has 76 valence electrons. The third-order valence-corrected chi connectivity index (χ3v) is 2.40. The van der Waals surface area contributed by atoms with Gasteiger partial charge in [0.2, 0.25) is 5.91 Å². The molecule has 1 saturated heterocycles. The van der Waals surface area contributed by atoms with Crippen LogP contribution < -0.4 is 11.1 Å². The minimum atomic E-state index is -0.425. The highest BCUT2D eigenvalue weighted by molar-refractivity contribution is 5.80. The zero-order valence-electron chi connectivity index (χ0n) is 8.30. The first-order chi connectivity index (χ1) is 6.03. The number of carbonyl (C=O) groups excluding carboxylic acids is 1. The molecule has 3 N–H and O–H groups in total. The lowest BCUT2D eigenvalue weighted by molar-refractivity contribution is -0.122. The summed E-state index contributed by atoms with van der Waals surface area (Å²) in [6.07, 6.45) is 1.01. The molecule has 2 atom stereocenters. The summed E-state index contributed by atoms with van der Waals surface area (Å²) in [7, 11) is 0. The molecule has 4 heteroatoms. The Balaban J connectivity index is 2.29. The van der Waals surface area contributed by atoms with E-state index in [2.05, 4.69) is 12.2 Å². The van der Waals surface area contributed by atoms with E-state index < -0.39 is 6.04 Å². The highest BCUT2D eigenvalue weighted by atomic mass is 16.5. The molecule has 0 radical (unpaired) electrons. The smallest absolute Gasteiger partial charge is 0.236 e. The molecule has 0 aromatic heterocycles. The number of carbonyl (C=O) groups is 1. The second-order valence-corrected chi connectivity index (χ2v) is 4.12. The van der Waals surface area contributed by atoms with Gasteiger partial charge in [-0.25, -0.2) is 0 Å². The second-order valence-electron chi connectivity index (χ2n) is 4.12. The van der Waals surface area contributed by atoms with Gasteiger partial charge in [-0.2, -0.15) is 0 Å². The van der Waals surface area contributed by atoms with Crippen molar-refractivity contribution in [3.63, 3.8) is 0 Å². The molecule has 0 aromatic rings. The van der Waals surface area contributed by atoms with E-state index in [0.717, 1.165) is 19.6 Å². The molecule has 1 rings (SSSR count). The minimum absolute atomic E-state index is 0.0897. The van der Waals surface area contributed by atoms with E-state index in [9.17, 15) is 4.79 Å². The van der Waals surface area contributed by atoms with Gasteiger partial charge in [0, 0.05) is 18.6 Å². The van der Waals surface area contributed by atoms with Crippen molar-refractivity contribution in [3.8, 4) is 0 Å². The van der Waals surface area contributed by atoms with Crippen molar-refractivity contribution in [2.45, 2.75) is 26.3 Å². The Bertz CT molecular complexity index is 186. The lowest BCUT2D eigenvalue weighted by atomic mass is 9.90. The summed E-state index contributed by atoms with van der Waals surface area (Å²) in [6.45, 7) is 5.98. The Morgan fingerprint density at radius 1 is 1.77 bits per heavy atom. The van der Waals surface area contributed by atoms with Crippen LogP contribution in [0.25, 0.3) is 0 Å². The van der Waals surface area contributed by atoms with Gasteiger partial charge in [0.25, 0.3) is 0 Å². The van der Waals surface area contributed by atoms with Crippen molar-refractivity contribution in [2.75, 3.05) is 19.8 Å². The lowest BCUT2D eigenvalue weighted by Crippen LogP contribution is -2.43. The molecule has 1 heterocycles. The van der Waals surface area contributed by atoms with E-state index in [4.69, 9.17) is 10.5 Å². The molecular weight excluding hydrogens is 168 g/mol. The van der Waals surface area contributed by atoms with Gasteiger partial charge in [-0.1, -0.05) is 6.92 Å². The van der Waals surface area contributed by atoms with Gasteiger partial charge < -0.3 is 15.8 Å². The SMILES string of the molecule is C[C@@H](N)C(=O)NCC1(C)CCOC1. The fraction of sp³-hybridized carbons (Fsp3) is 0.889. The van der Waals surface area contributed by atoms with Crippen LogP contribution in [0.15, 0.2) is 0 Å². The number of nitrogens with one attached hydrogen (secondary N) is 1. The summed E-state index contributed by atoms with van der Waals surface area (Å²) >= 11 is 0. The van der Waals surface area contributed by atoms with Crippen molar-refractivity contribution >= 4 is 5.91 Å². The van der Waals surface area contributed by atoms with Crippen LogP contribution in [0.2, 0.25) is 0 Å². The monoisotopic (exact) mass is 186 g/mol. The largest absolute Gasteiger partial charge is 0.381 e. The molecule has 0 aliphatic carbocycles. The second kappa shape index (κ2) is 4.07. The Morgan fingerprint density at radius 2 is 2.46 bits per heavy atom. The third-order valence-electron chi connectivity index (χ3n) is 2.40. The van der Waals surface area contributed by atoms with E-state index in [0.29, 0.717) is 6.54 Å². The third kappa shape index (κ3) is 2.97. The van der Waals surface area contributed by atoms with E-state index in [1.807, 2.05) is 0 Å². The van der Waals surface area contributed by atoms with Crippen LogP contribution in [0.4, 0.5) is 0 Å². The molecular formula is C9H18N2O2. The Hall–Kier alpha value is -0.610. The fourth-order valence-corrected chi connectivity index (χ4v) is 1.31. The molecule has 0 bridgehead atoms. The van der Waals surface area contributed by atoms with E-state index in [1.54, 1.807) is 6.92 Å². The summed E-state index contributed by atoms with van der Waals surface area (Å²) in [5.41, 5.74) is 5.52. The van der Waals surface area contributed by atoms with Crippen LogP contribution in [-0.2, 0) is 9.53 Å². The topological polar surface area (TPSA) is 64.4 Å². The van der Waals surface area contributed by atoms with Crippen molar-refractivity contribution in [1.29, 1.82) is 0 Å². The average Bonchev–Trinajstić information content (AvgIpc) is 2.48. The summed E-state index contributed by atoms with van der Waals surface area (Å²) < 4.78 is 5.27. The van der Waals surface area contributed by atoms with Crippen molar-refractivity contribution in [2.24, 2.45) is 11.1 Å². The van der Waals surface area contributed by atoms with Crippen molar-refractivity contribution < 1.29 is 9.53 Å². The predicted molar refractivity (Wildman–Crippen MR) is 50.2 cm³/mol. The van der Waals surface area contributed by atoms with Gasteiger partial charge in [-0.15, -0.1) is 0 Å². The van der Waals surface area contributed by atoms with E-state index in [-0.39, 0.29) is 11.3 Å². The van der Waals surface area contributed by atoms with Crippen LogP contribution in [0.1, 0.15) is 20.3 Å². The van der Waals surface area contributed by atoms with Crippen molar-refractivity contribution in [1.82, 2.24) is 5.32 Å². The highest BCUT2D eigenvalue weighted by Gasteiger charge is 2.30. The number of hydrogen-bond acceptors (Lipinski definition) is 3. The van der Waals surface area contributed by atoms with Gasteiger partial charge in [0.05, 0.1) is 12.6 Å². The standard InChI is InChI=1S/C9H18N2O2/c1-7(10)8(12)11-5-9(2)3-4-13-6-9/h7H,3-6,10H2,1-2H3,(H,11,12)/t7-,9?/m1/s1. The molecule has 1 fully saturated rings. The molecule has 1 aliphatic rings. The van der Waals surface area contributed by atoms with Gasteiger partial charge in [-0.05, 0) is 13.3 Å². The van der Waals surface area contributed by atoms with Crippen LogP contribution >= 0.6 is 0 Å². The van der Waals surface area contributed by atoms with Crippen LogP contribution in [0.3, 0.4) is 0 Å². The first-order valence-corrected chi connectivity index (χ1v) is 4.65. The zero-order valence-corrected chi connectivity index (χ0v) is 8.30. The lowest BCUT2D eigenvalue weighted by Gasteiger charge is -2.22. The normalized spacial score (nSPS) is 30.1. The minimum Gasteiger partial charge on any atom is -0.381 e. The maximum Gasteiger partial charge on any atom is 0.236 e. The maximum absolute atomic E-state index is 11.2. The summed E-state index contributed by atoms with van der Waals surface area (Å²) in [5.74, 6) is -0.0897. The first kappa shape index (κ1) is 10.5. The molecule has 0 spiro atoms. The number of nitrogens with two attached hydrogens (primary N) is 1. The van der Waals surface area contributed by atoms with Gasteiger partial charge in [0.15, 0.2) is 0 Å². The number of amides is 1. The van der Waals surface area contributed by atoms with Gasteiger partial charge in [-0.3, -0.25) is 4.79 Å². The number of hydrogen-bond donors (Lipinski definition) is 2. The van der Waals surface area contributed by atoms with Gasteiger partial charge in [0.1, 0.15) is 0 Å². The highest BCUT2D eigenvalue weighted by Crippen LogP contribution is 2.26. The fourth-order valence-electron chi connectivity index (χ4n) is 1.31. The Morgan fingerprint density at radius 3 is 2.92 bits per heavy atom. The predicted octanol–water partition coefficient (Wildman–Crippen LogP) is -0.124. The summed E-state index contributed by atoms with van der Waals surface area (Å²) in [5, 5.41) is 2.82. The summed E-state index contributed by atoms with van der Waals surface area (Å²) in [4.78, 5) is 11.2. The Labute approximate surface area is 78.8 Å². The quantitative estimate of drug-likeness (QED) is 0.645. The van der Waals surface area contributed by atoms with Crippen LogP contribution in [0, 0.1) is 5.41 Å². The molecule has 1 amide bonds. The van der Waals surface area contributed by atoms with E-state index in [1.165, 1.54) is 0 Å². The molecule has 0 aromatic carbocycles.